The molecule has 0 saturated heterocycles. The smallest absolute Gasteiger partial charge is 0.252 e. The van der Waals surface area contributed by atoms with Crippen LogP contribution in [0.5, 0.6) is 0 Å². The predicted molar refractivity (Wildman–Crippen MR) is 87.7 cm³/mol. The SMILES string of the molecule is Cc1c(C)c(C)c(C(=O)NCc2ccccc2F)c(C)c1C. The van der Waals surface area contributed by atoms with E-state index in [0.29, 0.717) is 11.1 Å². The van der Waals surface area contributed by atoms with Gasteiger partial charge in [-0.1, -0.05) is 18.2 Å². The van der Waals surface area contributed by atoms with Crippen molar-refractivity contribution in [2.75, 3.05) is 0 Å². The van der Waals surface area contributed by atoms with Crippen LogP contribution in [0.3, 0.4) is 0 Å². The van der Waals surface area contributed by atoms with Gasteiger partial charge in [0.2, 0.25) is 0 Å². The topological polar surface area (TPSA) is 29.1 Å². The lowest BCUT2D eigenvalue weighted by Crippen LogP contribution is -2.26. The number of hydrogen-bond donors (Lipinski definition) is 1. The monoisotopic (exact) mass is 299 g/mol. The summed E-state index contributed by atoms with van der Waals surface area (Å²) in [7, 11) is 0. The molecule has 1 N–H and O–H groups in total. The van der Waals surface area contributed by atoms with E-state index in [1.807, 2.05) is 27.7 Å². The summed E-state index contributed by atoms with van der Waals surface area (Å²) in [6.07, 6.45) is 0. The van der Waals surface area contributed by atoms with Gasteiger partial charge in [0.1, 0.15) is 5.82 Å². The Bertz CT molecular complexity index is 705. The summed E-state index contributed by atoms with van der Waals surface area (Å²) >= 11 is 0. The summed E-state index contributed by atoms with van der Waals surface area (Å²) in [6.45, 7) is 10.3. The molecule has 2 rings (SSSR count). The molecule has 0 unspecified atom stereocenters. The third-order valence-corrected chi connectivity index (χ3v) is 4.62. The number of rotatable bonds is 3. The average Bonchev–Trinajstić information content (AvgIpc) is 2.50. The largest absolute Gasteiger partial charge is 0.348 e. The van der Waals surface area contributed by atoms with Gasteiger partial charge in [-0.05, 0) is 68.5 Å². The summed E-state index contributed by atoms with van der Waals surface area (Å²) in [4.78, 5) is 12.6. The van der Waals surface area contributed by atoms with Gasteiger partial charge in [-0.2, -0.15) is 0 Å². The van der Waals surface area contributed by atoms with Crippen molar-refractivity contribution in [2.24, 2.45) is 0 Å². The van der Waals surface area contributed by atoms with Crippen molar-refractivity contribution in [1.82, 2.24) is 5.32 Å². The minimum absolute atomic E-state index is 0.149. The first kappa shape index (κ1) is 16.2. The average molecular weight is 299 g/mol. The Morgan fingerprint density at radius 3 is 1.95 bits per heavy atom. The minimum atomic E-state index is -0.299. The van der Waals surface area contributed by atoms with Gasteiger partial charge in [0, 0.05) is 17.7 Å². The second-order valence-electron chi connectivity index (χ2n) is 5.77. The zero-order valence-electron chi connectivity index (χ0n) is 13.8. The van der Waals surface area contributed by atoms with Gasteiger partial charge in [0.25, 0.3) is 5.91 Å². The van der Waals surface area contributed by atoms with E-state index < -0.39 is 0 Å². The first-order valence-electron chi connectivity index (χ1n) is 7.43. The van der Waals surface area contributed by atoms with Gasteiger partial charge in [-0.25, -0.2) is 4.39 Å². The zero-order valence-corrected chi connectivity index (χ0v) is 13.8. The van der Waals surface area contributed by atoms with Crippen LogP contribution in [0.2, 0.25) is 0 Å². The Kier molecular flexibility index (Phi) is 4.65. The molecule has 0 spiro atoms. The number of amides is 1. The molecule has 0 saturated carbocycles. The van der Waals surface area contributed by atoms with Crippen LogP contribution in [0.25, 0.3) is 0 Å². The molecule has 3 heteroatoms. The number of carbonyl (C=O) groups is 1. The van der Waals surface area contributed by atoms with E-state index in [4.69, 9.17) is 0 Å². The first-order valence-corrected chi connectivity index (χ1v) is 7.43. The maximum atomic E-state index is 13.6. The highest BCUT2D eigenvalue weighted by Gasteiger charge is 2.18. The highest BCUT2D eigenvalue weighted by molar-refractivity contribution is 5.98. The van der Waals surface area contributed by atoms with Crippen LogP contribution in [0.1, 0.15) is 43.7 Å². The summed E-state index contributed by atoms with van der Waals surface area (Å²) in [5, 5.41) is 2.83. The van der Waals surface area contributed by atoms with E-state index in [1.54, 1.807) is 18.2 Å². The van der Waals surface area contributed by atoms with Crippen molar-refractivity contribution in [1.29, 1.82) is 0 Å². The van der Waals surface area contributed by atoms with Gasteiger partial charge in [-0.15, -0.1) is 0 Å². The lowest BCUT2D eigenvalue weighted by molar-refractivity contribution is 0.0949. The molecule has 0 aliphatic rings. The summed E-state index contributed by atoms with van der Waals surface area (Å²) in [5.74, 6) is -0.447. The number of halogens is 1. The number of nitrogens with one attached hydrogen (secondary N) is 1. The van der Waals surface area contributed by atoms with Gasteiger partial charge in [0.05, 0.1) is 0 Å². The second kappa shape index (κ2) is 6.30. The Labute approximate surface area is 131 Å². The fraction of sp³-hybridized carbons (Fsp3) is 0.316. The molecule has 0 heterocycles. The third-order valence-electron chi connectivity index (χ3n) is 4.62. The molecule has 0 radical (unpaired) electrons. The molecule has 0 aromatic heterocycles. The molecule has 22 heavy (non-hydrogen) atoms. The summed E-state index contributed by atoms with van der Waals surface area (Å²) < 4.78 is 13.6. The molecule has 116 valence electrons. The van der Waals surface area contributed by atoms with Gasteiger partial charge >= 0.3 is 0 Å². The van der Waals surface area contributed by atoms with E-state index in [2.05, 4.69) is 12.2 Å². The predicted octanol–water partition coefficient (Wildman–Crippen LogP) is 4.30. The van der Waals surface area contributed by atoms with E-state index >= 15 is 0 Å². The fourth-order valence-electron chi connectivity index (χ4n) is 2.75. The Morgan fingerprint density at radius 2 is 1.41 bits per heavy atom. The Balaban J connectivity index is 2.29. The molecule has 2 nitrogen and oxygen atoms in total. The first-order chi connectivity index (χ1) is 10.3. The van der Waals surface area contributed by atoms with Crippen LogP contribution in [0, 0.1) is 40.4 Å². The van der Waals surface area contributed by atoms with E-state index in [-0.39, 0.29) is 18.3 Å². The maximum absolute atomic E-state index is 13.6. The maximum Gasteiger partial charge on any atom is 0.252 e. The van der Waals surface area contributed by atoms with Crippen molar-refractivity contribution in [2.45, 2.75) is 41.2 Å². The van der Waals surface area contributed by atoms with Crippen LogP contribution in [-0.2, 0) is 6.54 Å². The molecule has 0 aliphatic heterocycles. The second-order valence-corrected chi connectivity index (χ2v) is 5.77. The molecular formula is C19H22FNO. The standard InChI is InChI=1S/C19H22FNO/c1-11-12(2)14(4)18(15(5)13(11)3)19(22)21-10-16-8-6-7-9-17(16)20/h6-9H,10H2,1-5H3,(H,21,22). The lowest BCUT2D eigenvalue weighted by Gasteiger charge is -2.18. The Hall–Kier alpha value is -2.16. The number of benzene rings is 2. The van der Waals surface area contributed by atoms with E-state index in [0.717, 1.165) is 22.3 Å². The zero-order chi connectivity index (χ0) is 16.4. The highest BCUT2D eigenvalue weighted by Crippen LogP contribution is 2.26. The van der Waals surface area contributed by atoms with Crippen molar-refractivity contribution in [3.05, 3.63) is 69.0 Å². The molecule has 0 atom stereocenters. The van der Waals surface area contributed by atoms with Crippen LogP contribution >= 0.6 is 0 Å². The van der Waals surface area contributed by atoms with E-state index in [9.17, 15) is 9.18 Å². The number of carbonyl (C=O) groups excluding carboxylic acids is 1. The fourth-order valence-corrected chi connectivity index (χ4v) is 2.75. The van der Waals surface area contributed by atoms with Crippen molar-refractivity contribution in [3.63, 3.8) is 0 Å². The van der Waals surface area contributed by atoms with Crippen LogP contribution in [0.4, 0.5) is 4.39 Å². The molecule has 2 aromatic rings. The van der Waals surface area contributed by atoms with Gasteiger partial charge in [-0.3, -0.25) is 4.79 Å². The lowest BCUT2D eigenvalue weighted by atomic mass is 9.89. The third kappa shape index (κ3) is 2.89. The quantitative estimate of drug-likeness (QED) is 0.899. The van der Waals surface area contributed by atoms with Gasteiger partial charge < -0.3 is 5.32 Å². The van der Waals surface area contributed by atoms with Crippen LogP contribution in [0.15, 0.2) is 24.3 Å². The molecule has 0 bridgehead atoms. The molecule has 1 amide bonds. The van der Waals surface area contributed by atoms with Gasteiger partial charge in [0.15, 0.2) is 0 Å². The summed E-state index contributed by atoms with van der Waals surface area (Å²) in [5.41, 5.74) is 6.68. The number of hydrogen-bond acceptors (Lipinski definition) is 1. The van der Waals surface area contributed by atoms with Crippen molar-refractivity contribution < 1.29 is 9.18 Å². The minimum Gasteiger partial charge on any atom is -0.348 e. The molecule has 0 fully saturated rings. The van der Waals surface area contributed by atoms with Crippen LogP contribution < -0.4 is 5.32 Å². The van der Waals surface area contributed by atoms with Crippen molar-refractivity contribution >= 4 is 5.91 Å². The Morgan fingerprint density at radius 1 is 0.909 bits per heavy atom. The van der Waals surface area contributed by atoms with E-state index in [1.165, 1.54) is 11.6 Å². The summed E-state index contributed by atoms with van der Waals surface area (Å²) in [6, 6.07) is 6.49. The van der Waals surface area contributed by atoms with Crippen LogP contribution in [-0.4, -0.2) is 5.91 Å². The highest BCUT2D eigenvalue weighted by atomic mass is 19.1. The molecule has 2 aromatic carbocycles. The normalized spacial score (nSPS) is 10.6. The molecule has 0 aliphatic carbocycles. The molecular weight excluding hydrogens is 277 g/mol. The van der Waals surface area contributed by atoms with Crippen molar-refractivity contribution in [3.8, 4) is 0 Å².